The zero-order chi connectivity index (χ0) is 14.5. The maximum absolute atomic E-state index is 13.6. The Morgan fingerprint density at radius 1 is 1.35 bits per heavy atom. The number of hydrogen-bond donors (Lipinski definition) is 0. The fourth-order valence-corrected chi connectivity index (χ4v) is 2.77. The van der Waals surface area contributed by atoms with Crippen molar-refractivity contribution in [1.82, 2.24) is 9.88 Å². The summed E-state index contributed by atoms with van der Waals surface area (Å²) in [4.78, 5) is 6.66. The Balaban J connectivity index is 1.97. The average Bonchev–Trinajstić information content (AvgIpc) is 2.86. The summed E-state index contributed by atoms with van der Waals surface area (Å²) in [6, 6.07) is 5.07. The van der Waals surface area contributed by atoms with Crippen molar-refractivity contribution in [3.8, 4) is 5.75 Å². The highest BCUT2D eigenvalue weighted by Gasteiger charge is 2.08. The van der Waals surface area contributed by atoms with E-state index in [1.165, 1.54) is 13.2 Å². The predicted molar refractivity (Wildman–Crippen MR) is 79.6 cm³/mol. The SMILES string of the molecule is CCc1nc(CN(C)Cc2ccc(OC)c(F)c2)cs1. The van der Waals surface area contributed by atoms with E-state index in [0.29, 0.717) is 6.54 Å². The lowest BCUT2D eigenvalue weighted by atomic mass is 10.2. The van der Waals surface area contributed by atoms with Crippen molar-refractivity contribution in [3.05, 3.63) is 45.7 Å². The Morgan fingerprint density at radius 2 is 2.15 bits per heavy atom. The molecule has 0 aliphatic carbocycles. The second kappa shape index (κ2) is 6.81. The summed E-state index contributed by atoms with van der Waals surface area (Å²) >= 11 is 1.69. The van der Waals surface area contributed by atoms with Crippen LogP contribution in [0.3, 0.4) is 0 Å². The molecule has 1 aromatic heterocycles. The van der Waals surface area contributed by atoms with Crippen LogP contribution >= 0.6 is 11.3 Å². The summed E-state index contributed by atoms with van der Waals surface area (Å²) in [5.41, 5.74) is 2.00. The molecule has 1 heterocycles. The van der Waals surface area contributed by atoms with Gasteiger partial charge in [-0.3, -0.25) is 4.90 Å². The number of benzene rings is 1. The quantitative estimate of drug-likeness (QED) is 0.815. The van der Waals surface area contributed by atoms with Crippen LogP contribution in [0.1, 0.15) is 23.2 Å². The lowest BCUT2D eigenvalue weighted by molar-refractivity contribution is 0.314. The predicted octanol–water partition coefficient (Wildman–Crippen LogP) is 3.49. The summed E-state index contributed by atoms with van der Waals surface area (Å²) in [6.07, 6.45) is 0.970. The largest absolute Gasteiger partial charge is 0.494 e. The lowest BCUT2D eigenvalue weighted by Gasteiger charge is -2.15. The van der Waals surface area contributed by atoms with E-state index in [0.717, 1.165) is 29.2 Å². The van der Waals surface area contributed by atoms with Gasteiger partial charge in [-0.1, -0.05) is 13.0 Å². The smallest absolute Gasteiger partial charge is 0.165 e. The molecule has 1 aromatic carbocycles. The van der Waals surface area contributed by atoms with Crippen molar-refractivity contribution in [2.24, 2.45) is 0 Å². The summed E-state index contributed by atoms with van der Waals surface area (Å²) < 4.78 is 18.5. The van der Waals surface area contributed by atoms with Gasteiger partial charge in [0, 0.05) is 18.5 Å². The molecule has 0 N–H and O–H groups in total. The van der Waals surface area contributed by atoms with Gasteiger partial charge in [-0.15, -0.1) is 11.3 Å². The van der Waals surface area contributed by atoms with E-state index >= 15 is 0 Å². The molecule has 20 heavy (non-hydrogen) atoms. The molecule has 0 fully saturated rings. The van der Waals surface area contributed by atoms with Crippen LogP contribution in [0.25, 0.3) is 0 Å². The molecule has 3 nitrogen and oxygen atoms in total. The van der Waals surface area contributed by atoms with Crippen LogP contribution in [0.4, 0.5) is 4.39 Å². The van der Waals surface area contributed by atoms with Gasteiger partial charge in [0.2, 0.25) is 0 Å². The van der Waals surface area contributed by atoms with Crippen LogP contribution in [0.5, 0.6) is 5.75 Å². The molecular weight excluding hydrogens is 275 g/mol. The van der Waals surface area contributed by atoms with Crippen molar-refractivity contribution in [2.75, 3.05) is 14.2 Å². The second-order valence-electron chi connectivity index (χ2n) is 4.73. The Kier molecular flexibility index (Phi) is 5.09. The number of aromatic nitrogens is 1. The highest BCUT2D eigenvalue weighted by Crippen LogP contribution is 2.19. The average molecular weight is 294 g/mol. The van der Waals surface area contributed by atoms with E-state index in [2.05, 4.69) is 22.2 Å². The summed E-state index contributed by atoms with van der Waals surface area (Å²) in [7, 11) is 3.48. The minimum Gasteiger partial charge on any atom is -0.494 e. The lowest BCUT2D eigenvalue weighted by Crippen LogP contribution is -2.17. The van der Waals surface area contributed by atoms with Crippen molar-refractivity contribution in [1.29, 1.82) is 0 Å². The summed E-state index contributed by atoms with van der Waals surface area (Å²) in [5.74, 6) is -0.0381. The van der Waals surface area contributed by atoms with E-state index in [-0.39, 0.29) is 11.6 Å². The van der Waals surface area contributed by atoms with Crippen molar-refractivity contribution in [3.63, 3.8) is 0 Å². The molecule has 0 radical (unpaired) electrons. The molecule has 0 bridgehead atoms. The van der Waals surface area contributed by atoms with E-state index in [4.69, 9.17) is 4.74 Å². The first-order valence-electron chi connectivity index (χ1n) is 6.56. The van der Waals surface area contributed by atoms with Gasteiger partial charge in [0.05, 0.1) is 17.8 Å². The van der Waals surface area contributed by atoms with Crippen LogP contribution in [0, 0.1) is 5.82 Å². The van der Waals surface area contributed by atoms with Gasteiger partial charge >= 0.3 is 0 Å². The number of nitrogens with zero attached hydrogens (tertiary/aromatic N) is 2. The number of ether oxygens (including phenoxy) is 1. The molecule has 2 aromatic rings. The molecule has 0 saturated heterocycles. The van der Waals surface area contributed by atoms with E-state index in [1.54, 1.807) is 17.4 Å². The standard InChI is InChI=1S/C15H19FN2OS/c1-4-15-17-12(10-20-15)9-18(2)8-11-5-6-14(19-3)13(16)7-11/h5-7,10H,4,8-9H2,1-3H3. The van der Waals surface area contributed by atoms with E-state index < -0.39 is 0 Å². The maximum atomic E-state index is 13.6. The van der Waals surface area contributed by atoms with E-state index in [9.17, 15) is 4.39 Å². The zero-order valence-electron chi connectivity index (χ0n) is 12.0. The van der Waals surface area contributed by atoms with Crippen LogP contribution < -0.4 is 4.74 Å². The summed E-state index contributed by atoms with van der Waals surface area (Å²) in [6.45, 7) is 3.55. The molecule has 108 valence electrons. The fraction of sp³-hybridized carbons (Fsp3) is 0.400. The molecule has 0 saturated carbocycles. The number of thiazole rings is 1. The molecule has 0 spiro atoms. The van der Waals surface area contributed by atoms with Crippen molar-refractivity contribution in [2.45, 2.75) is 26.4 Å². The molecule has 5 heteroatoms. The van der Waals surface area contributed by atoms with Gasteiger partial charge in [-0.05, 0) is 31.2 Å². The second-order valence-corrected chi connectivity index (χ2v) is 5.67. The molecular formula is C15H19FN2OS. The molecule has 0 amide bonds. The Bertz CT molecular complexity index is 571. The number of halogens is 1. The number of hydrogen-bond acceptors (Lipinski definition) is 4. The van der Waals surface area contributed by atoms with Gasteiger partial charge in [-0.25, -0.2) is 9.37 Å². The van der Waals surface area contributed by atoms with Crippen LogP contribution in [-0.2, 0) is 19.5 Å². The first kappa shape index (κ1) is 14.9. The monoisotopic (exact) mass is 294 g/mol. The van der Waals surface area contributed by atoms with Gasteiger partial charge in [0.15, 0.2) is 11.6 Å². The molecule has 0 unspecified atom stereocenters. The molecule has 0 atom stereocenters. The molecule has 0 aliphatic heterocycles. The number of rotatable bonds is 6. The van der Waals surface area contributed by atoms with E-state index in [1.807, 2.05) is 13.1 Å². The van der Waals surface area contributed by atoms with Crippen LogP contribution in [0.2, 0.25) is 0 Å². The Hall–Kier alpha value is -1.46. The highest BCUT2D eigenvalue weighted by molar-refractivity contribution is 7.09. The minimum absolute atomic E-state index is 0.281. The van der Waals surface area contributed by atoms with Crippen LogP contribution in [-0.4, -0.2) is 24.0 Å². The van der Waals surface area contributed by atoms with Gasteiger partial charge < -0.3 is 4.74 Å². The zero-order valence-corrected chi connectivity index (χ0v) is 12.8. The molecule has 0 aliphatic rings. The molecule has 2 rings (SSSR count). The van der Waals surface area contributed by atoms with Gasteiger partial charge in [-0.2, -0.15) is 0 Å². The van der Waals surface area contributed by atoms with Crippen LogP contribution in [0.15, 0.2) is 23.6 Å². The van der Waals surface area contributed by atoms with Crippen molar-refractivity contribution >= 4 is 11.3 Å². The van der Waals surface area contributed by atoms with Gasteiger partial charge in [0.1, 0.15) is 0 Å². The minimum atomic E-state index is -0.319. The fourth-order valence-electron chi connectivity index (χ4n) is 2.04. The van der Waals surface area contributed by atoms with Gasteiger partial charge in [0.25, 0.3) is 0 Å². The number of methoxy groups -OCH3 is 1. The maximum Gasteiger partial charge on any atom is 0.165 e. The third-order valence-electron chi connectivity index (χ3n) is 3.00. The number of aryl methyl sites for hydroxylation is 1. The summed E-state index contributed by atoms with van der Waals surface area (Å²) in [5, 5.41) is 3.24. The third-order valence-corrected chi connectivity index (χ3v) is 4.04. The normalized spacial score (nSPS) is 11.1. The topological polar surface area (TPSA) is 25.4 Å². The first-order valence-corrected chi connectivity index (χ1v) is 7.44. The highest BCUT2D eigenvalue weighted by atomic mass is 32.1. The van der Waals surface area contributed by atoms with Crippen molar-refractivity contribution < 1.29 is 9.13 Å². The Labute approximate surface area is 123 Å². The Morgan fingerprint density at radius 3 is 2.75 bits per heavy atom. The first-order chi connectivity index (χ1) is 9.62. The third kappa shape index (κ3) is 3.77.